The largest absolute Gasteiger partial charge is 0.416 e. The molecule has 1 N–H and O–H groups in total. The normalized spacial score (nSPS) is 15.8. The number of nitrogens with zero attached hydrogens (tertiary/aromatic N) is 2. The van der Waals surface area contributed by atoms with Gasteiger partial charge in [0.15, 0.2) is 0 Å². The van der Waals surface area contributed by atoms with E-state index in [-0.39, 0.29) is 28.7 Å². The molecule has 1 heterocycles. The Morgan fingerprint density at radius 3 is 2.35 bits per heavy atom. The number of rotatable bonds is 6. The van der Waals surface area contributed by atoms with E-state index in [4.69, 9.17) is 0 Å². The van der Waals surface area contributed by atoms with Crippen LogP contribution in [0, 0.1) is 5.82 Å². The summed E-state index contributed by atoms with van der Waals surface area (Å²) in [6, 6.07) is 8.06. The van der Waals surface area contributed by atoms with E-state index in [1.165, 1.54) is 30.3 Å². The summed E-state index contributed by atoms with van der Waals surface area (Å²) in [5.41, 5.74) is 0.0772. The third-order valence-electron chi connectivity index (χ3n) is 5.35. The number of alkyl halides is 3. The van der Waals surface area contributed by atoms with Gasteiger partial charge in [0.1, 0.15) is 5.82 Å². The second kappa shape index (κ2) is 10.1. The number of anilines is 1. The van der Waals surface area contributed by atoms with Crippen molar-refractivity contribution in [1.82, 2.24) is 9.80 Å². The first-order valence-electron chi connectivity index (χ1n) is 10.0. The van der Waals surface area contributed by atoms with Crippen molar-refractivity contribution in [3.63, 3.8) is 0 Å². The Kier molecular flexibility index (Phi) is 7.72. The molecule has 0 aliphatic carbocycles. The van der Waals surface area contributed by atoms with Crippen LogP contribution >= 0.6 is 15.9 Å². The lowest BCUT2D eigenvalue weighted by Crippen LogP contribution is -2.45. The van der Waals surface area contributed by atoms with Crippen LogP contribution in [0.3, 0.4) is 0 Å². The Hall–Kier alpha value is -1.97. The van der Waals surface area contributed by atoms with Gasteiger partial charge < -0.3 is 10.2 Å². The second-order valence-electron chi connectivity index (χ2n) is 7.55. The summed E-state index contributed by atoms with van der Waals surface area (Å²) in [5.74, 6) is -0.930. The van der Waals surface area contributed by atoms with Crippen molar-refractivity contribution < 1.29 is 22.4 Å². The first-order chi connectivity index (χ1) is 14.7. The smallest absolute Gasteiger partial charge is 0.326 e. The molecule has 0 aromatic heterocycles. The van der Waals surface area contributed by atoms with Gasteiger partial charge in [0.05, 0.1) is 16.5 Å². The number of benzene rings is 2. The van der Waals surface area contributed by atoms with Gasteiger partial charge in [0.25, 0.3) is 0 Å². The highest BCUT2D eigenvalue weighted by atomic mass is 79.9. The van der Waals surface area contributed by atoms with Crippen molar-refractivity contribution in [2.75, 3.05) is 38.0 Å². The number of likely N-dealkylation sites (N-methyl/N-ethyl adjacent to an activating group) is 1. The first kappa shape index (κ1) is 23.7. The fourth-order valence-corrected chi connectivity index (χ4v) is 4.03. The van der Waals surface area contributed by atoms with Crippen molar-refractivity contribution in [1.29, 1.82) is 0 Å². The maximum Gasteiger partial charge on any atom is 0.416 e. The standard InChI is InChI=1S/C22H24BrF4N3O/c1-2-29-7-9-30(10-8-29)14-16-4-5-17(13-18(16)22(25,26)27)28-21(31)12-15-3-6-20(24)19(23)11-15/h3-6,11,13H,2,7-10,12,14H2,1H3,(H,28,31). The van der Waals surface area contributed by atoms with Crippen molar-refractivity contribution in [2.24, 2.45) is 0 Å². The van der Waals surface area contributed by atoms with Gasteiger partial charge in [-0.1, -0.05) is 19.1 Å². The Bertz CT molecular complexity index is 927. The van der Waals surface area contributed by atoms with E-state index < -0.39 is 23.5 Å². The van der Waals surface area contributed by atoms with Crippen LogP contribution in [0.25, 0.3) is 0 Å². The topological polar surface area (TPSA) is 35.6 Å². The van der Waals surface area contributed by atoms with Crippen molar-refractivity contribution >= 4 is 27.5 Å². The number of amides is 1. The zero-order chi connectivity index (χ0) is 22.6. The summed E-state index contributed by atoms with van der Waals surface area (Å²) >= 11 is 3.05. The summed E-state index contributed by atoms with van der Waals surface area (Å²) in [6.07, 6.45) is -4.60. The first-order valence-corrected chi connectivity index (χ1v) is 10.8. The predicted molar refractivity (Wildman–Crippen MR) is 115 cm³/mol. The number of halogens is 5. The van der Waals surface area contributed by atoms with Crippen LogP contribution in [-0.4, -0.2) is 48.4 Å². The molecule has 1 aliphatic heterocycles. The lowest BCUT2D eigenvalue weighted by Gasteiger charge is -2.34. The van der Waals surface area contributed by atoms with Gasteiger partial charge in [0, 0.05) is 38.4 Å². The van der Waals surface area contributed by atoms with E-state index in [0.717, 1.165) is 38.8 Å². The quantitative estimate of drug-likeness (QED) is 0.570. The molecule has 3 rings (SSSR count). The van der Waals surface area contributed by atoms with Gasteiger partial charge in [-0.3, -0.25) is 9.69 Å². The van der Waals surface area contributed by atoms with Gasteiger partial charge in [-0.2, -0.15) is 13.2 Å². The molecule has 1 aliphatic rings. The third kappa shape index (κ3) is 6.51. The van der Waals surface area contributed by atoms with Crippen LogP contribution in [0.5, 0.6) is 0 Å². The van der Waals surface area contributed by atoms with E-state index in [9.17, 15) is 22.4 Å². The zero-order valence-electron chi connectivity index (χ0n) is 17.1. The zero-order valence-corrected chi connectivity index (χ0v) is 18.7. The fraction of sp³-hybridized carbons (Fsp3) is 0.409. The maximum atomic E-state index is 13.7. The third-order valence-corrected chi connectivity index (χ3v) is 5.96. The van der Waals surface area contributed by atoms with Crippen LogP contribution in [0.4, 0.5) is 23.2 Å². The molecule has 0 bridgehead atoms. The minimum absolute atomic E-state index is 0.0797. The second-order valence-corrected chi connectivity index (χ2v) is 8.41. The molecule has 4 nitrogen and oxygen atoms in total. The van der Waals surface area contributed by atoms with Crippen LogP contribution in [-0.2, 0) is 23.9 Å². The highest BCUT2D eigenvalue weighted by molar-refractivity contribution is 9.10. The summed E-state index contributed by atoms with van der Waals surface area (Å²) in [5, 5.41) is 2.51. The molecule has 2 aromatic rings. The highest BCUT2D eigenvalue weighted by Gasteiger charge is 2.34. The number of hydrogen-bond acceptors (Lipinski definition) is 3. The summed E-state index contributed by atoms with van der Waals surface area (Å²) in [7, 11) is 0. The molecule has 0 atom stereocenters. The maximum absolute atomic E-state index is 13.7. The molecule has 2 aromatic carbocycles. The van der Waals surface area contributed by atoms with Crippen LogP contribution in [0.2, 0.25) is 0 Å². The van der Waals surface area contributed by atoms with E-state index in [2.05, 4.69) is 33.1 Å². The molecule has 0 spiro atoms. The van der Waals surface area contributed by atoms with Crippen molar-refractivity contribution in [2.45, 2.75) is 26.1 Å². The van der Waals surface area contributed by atoms with Crippen LogP contribution in [0.15, 0.2) is 40.9 Å². The molecule has 0 unspecified atom stereocenters. The molecule has 168 valence electrons. The molecule has 1 fully saturated rings. The summed E-state index contributed by atoms with van der Waals surface area (Å²) < 4.78 is 54.6. The predicted octanol–water partition coefficient (Wildman–Crippen LogP) is 4.93. The average Bonchev–Trinajstić information content (AvgIpc) is 2.71. The number of carbonyl (C=O) groups is 1. The Labute approximate surface area is 187 Å². The number of hydrogen-bond donors (Lipinski definition) is 1. The molecule has 9 heteroatoms. The van der Waals surface area contributed by atoms with Crippen molar-refractivity contribution in [3.8, 4) is 0 Å². The average molecular weight is 502 g/mol. The fourth-order valence-electron chi connectivity index (χ4n) is 3.60. The Morgan fingerprint density at radius 1 is 1.06 bits per heavy atom. The Balaban J connectivity index is 1.70. The highest BCUT2D eigenvalue weighted by Crippen LogP contribution is 2.34. The lowest BCUT2D eigenvalue weighted by molar-refractivity contribution is -0.138. The van der Waals surface area contributed by atoms with Gasteiger partial charge in [-0.15, -0.1) is 0 Å². The van der Waals surface area contributed by atoms with Gasteiger partial charge in [-0.25, -0.2) is 4.39 Å². The molecule has 31 heavy (non-hydrogen) atoms. The molecule has 1 amide bonds. The van der Waals surface area contributed by atoms with E-state index in [0.29, 0.717) is 5.56 Å². The van der Waals surface area contributed by atoms with E-state index in [1.54, 1.807) is 0 Å². The Morgan fingerprint density at radius 2 is 1.74 bits per heavy atom. The molecular formula is C22H24BrF4N3O. The van der Waals surface area contributed by atoms with Gasteiger partial charge in [-0.05, 0) is 57.9 Å². The minimum Gasteiger partial charge on any atom is -0.326 e. The summed E-state index contributed by atoms with van der Waals surface area (Å²) in [6.45, 7) is 6.33. The number of carbonyl (C=O) groups excluding carboxylic acids is 1. The molecular weight excluding hydrogens is 478 g/mol. The van der Waals surface area contributed by atoms with E-state index >= 15 is 0 Å². The van der Waals surface area contributed by atoms with Gasteiger partial charge >= 0.3 is 6.18 Å². The summed E-state index contributed by atoms with van der Waals surface area (Å²) in [4.78, 5) is 16.6. The van der Waals surface area contributed by atoms with Crippen molar-refractivity contribution in [3.05, 3.63) is 63.4 Å². The minimum atomic E-state index is -4.52. The SMILES string of the molecule is CCN1CCN(Cc2ccc(NC(=O)Cc3ccc(F)c(Br)c3)cc2C(F)(F)F)CC1. The van der Waals surface area contributed by atoms with Gasteiger partial charge in [0.2, 0.25) is 5.91 Å². The molecule has 0 saturated carbocycles. The monoisotopic (exact) mass is 501 g/mol. The lowest BCUT2D eigenvalue weighted by atomic mass is 10.0. The van der Waals surface area contributed by atoms with Crippen LogP contribution in [0.1, 0.15) is 23.6 Å². The van der Waals surface area contributed by atoms with E-state index in [1.807, 2.05) is 4.90 Å². The molecule has 0 radical (unpaired) electrons. The number of nitrogens with one attached hydrogen (secondary N) is 1. The molecule has 1 saturated heterocycles. The van der Waals surface area contributed by atoms with Crippen LogP contribution < -0.4 is 5.32 Å². The number of piperazine rings is 1.